The van der Waals surface area contributed by atoms with Crippen molar-refractivity contribution in [1.82, 2.24) is 4.72 Å². The Bertz CT molecular complexity index is 605. The summed E-state index contributed by atoms with van der Waals surface area (Å²) in [5.74, 6) is 1.02. The molecule has 2 aliphatic carbocycles. The highest BCUT2D eigenvalue weighted by atomic mass is 32.2. The van der Waals surface area contributed by atoms with E-state index in [0.29, 0.717) is 11.5 Å². The van der Waals surface area contributed by atoms with Crippen molar-refractivity contribution >= 4 is 27.3 Å². The first-order chi connectivity index (χ1) is 8.97. The number of amides is 1. The molecule has 19 heavy (non-hydrogen) atoms. The van der Waals surface area contributed by atoms with Crippen molar-refractivity contribution < 1.29 is 13.2 Å². The normalized spacial score (nSPS) is 29.6. The zero-order valence-corrected chi connectivity index (χ0v) is 12.4. The van der Waals surface area contributed by atoms with E-state index < -0.39 is 10.0 Å². The van der Waals surface area contributed by atoms with E-state index in [1.807, 2.05) is 0 Å². The molecule has 3 unspecified atom stereocenters. The summed E-state index contributed by atoms with van der Waals surface area (Å²) in [6.45, 7) is 1.74. The lowest BCUT2D eigenvalue weighted by atomic mass is 9.89. The summed E-state index contributed by atoms with van der Waals surface area (Å²) in [6, 6.07) is 1.75. The molecule has 2 aliphatic rings. The molecular formula is C13H17NO3S2. The van der Waals surface area contributed by atoms with Crippen LogP contribution < -0.4 is 4.72 Å². The van der Waals surface area contributed by atoms with Crippen molar-refractivity contribution in [3.05, 3.63) is 17.0 Å². The Kier molecular flexibility index (Phi) is 3.17. The Balaban J connectivity index is 1.70. The molecule has 104 valence electrons. The largest absolute Gasteiger partial charge is 0.274 e. The first-order valence-electron chi connectivity index (χ1n) is 6.58. The molecule has 1 aromatic heterocycles. The fraction of sp³-hybridized carbons (Fsp3) is 0.615. The van der Waals surface area contributed by atoms with E-state index >= 15 is 0 Å². The first kappa shape index (κ1) is 13.1. The van der Waals surface area contributed by atoms with Gasteiger partial charge in [0.15, 0.2) is 0 Å². The number of rotatable bonds is 3. The minimum Gasteiger partial charge on any atom is -0.274 e. The van der Waals surface area contributed by atoms with Crippen molar-refractivity contribution in [2.45, 2.75) is 36.8 Å². The Hall–Kier alpha value is -0.880. The third-order valence-corrected chi connectivity index (χ3v) is 7.24. The average Bonchev–Trinajstić information content (AvgIpc) is 2.99. The van der Waals surface area contributed by atoms with Gasteiger partial charge in [0.05, 0.1) is 0 Å². The van der Waals surface area contributed by atoms with Crippen LogP contribution in [0.4, 0.5) is 0 Å². The smallest absolute Gasteiger partial charge is 0.273 e. The SMILES string of the molecule is Cc1ccsc1S(=O)(=O)NC(=O)C1CCC2CC2C1. The van der Waals surface area contributed by atoms with E-state index in [1.165, 1.54) is 6.42 Å². The number of nitrogens with one attached hydrogen (secondary N) is 1. The predicted octanol–water partition coefficient (Wildman–Crippen LogP) is 2.30. The predicted molar refractivity (Wildman–Crippen MR) is 73.3 cm³/mol. The van der Waals surface area contributed by atoms with Crippen molar-refractivity contribution in [1.29, 1.82) is 0 Å². The highest BCUT2D eigenvalue weighted by molar-refractivity contribution is 7.92. The first-order valence-corrected chi connectivity index (χ1v) is 8.94. The van der Waals surface area contributed by atoms with Crippen LogP contribution in [0.3, 0.4) is 0 Å². The van der Waals surface area contributed by atoms with Gasteiger partial charge in [0.1, 0.15) is 4.21 Å². The molecule has 0 aliphatic heterocycles. The van der Waals surface area contributed by atoms with Gasteiger partial charge in [0.2, 0.25) is 5.91 Å². The Morgan fingerprint density at radius 2 is 2.11 bits per heavy atom. The summed E-state index contributed by atoms with van der Waals surface area (Å²) < 4.78 is 26.8. The molecule has 0 radical (unpaired) electrons. The van der Waals surface area contributed by atoms with Gasteiger partial charge in [0, 0.05) is 5.92 Å². The molecule has 2 saturated carbocycles. The molecule has 1 aromatic rings. The summed E-state index contributed by atoms with van der Waals surface area (Å²) >= 11 is 1.15. The van der Waals surface area contributed by atoms with Crippen LogP contribution in [0.1, 0.15) is 31.2 Å². The van der Waals surface area contributed by atoms with Crippen molar-refractivity contribution in [2.24, 2.45) is 17.8 Å². The monoisotopic (exact) mass is 299 g/mol. The molecule has 6 heteroatoms. The molecular weight excluding hydrogens is 282 g/mol. The summed E-state index contributed by atoms with van der Waals surface area (Å²) in [7, 11) is -3.68. The maximum absolute atomic E-state index is 12.1. The lowest BCUT2D eigenvalue weighted by Crippen LogP contribution is -2.36. The third kappa shape index (κ3) is 2.56. The summed E-state index contributed by atoms with van der Waals surface area (Å²) in [5, 5.41) is 1.73. The lowest BCUT2D eigenvalue weighted by molar-refractivity contribution is -0.124. The minimum atomic E-state index is -3.68. The van der Waals surface area contributed by atoms with E-state index in [4.69, 9.17) is 0 Å². The highest BCUT2D eigenvalue weighted by Gasteiger charge is 2.44. The fourth-order valence-electron chi connectivity index (χ4n) is 2.99. The molecule has 1 amide bonds. The van der Waals surface area contributed by atoms with Crippen LogP contribution in [0.2, 0.25) is 0 Å². The zero-order valence-electron chi connectivity index (χ0n) is 10.8. The van der Waals surface area contributed by atoms with Gasteiger partial charge in [-0.2, -0.15) is 0 Å². The zero-order chi connectivity index (χ0) is 13.6. The molecule has 0 aromatic carbocycles. The van der Waals surface area contributed by atoms with Crippen LogP contribution in [0.25, 0.3) is 0 Å². The van der Waals surface area contributed by atoms with Gasteiger partial charge in [-0.25, -0.2) is 13.1 Å². The fourth-order valence-corrected chi connectivity index (χ4v) is 5.45. The van der Waals surface area contributed by atoms with Crippen LogP contribution in [0.5, 0.6) is 0 Å². The Morgan fingerprint density at radius 1 is 1.32 bits per heavy atom. The molecule has 0 bridgehead atoms. The average molecular weight is 299 g/mol. The van der Waals surface area contributed by atoms with E-state index in [0.717, 1.165) is 36.5 Å². The van der Waals surface area contributed by atoms with E-state index in [9.17, 15) is 13.2 Å². The van der Waals surface area contributed by atoms with Gasteiger partial charge < -0.3 is 0 Å². The number of aryl methyl sites for hydroxylation is 1. The second-order valence-electron chi connectivity index (χ2n) is 5.63. The van der Waals surface area contributed by atoms with E-state index in [1.54, 1.807) is 18.4 Å². The Labute approximate surface area is 117 Å². The number of carbonyl (C=O) groups excluding carboxylic acids is 1. The number of fused-ring (bicyclic) bond motifs is 1. The van der Waals surface area contributed by atoms with Crippen LogP contribution in [-0.2, 0) is 14.8 Å². The second-order valence-corrected chi connectivity index (χ2v) is 8.42. The van der Waals surface area contributed by atoms with Crippen LogP contribution >= 0.6 is 11.3 Å². The van der Waals surface area contributed by atoms with Crippen molar-refractivity contribution in [3.8, 4) is 0 Å². The number of thiophene rings is 1. The number of hydrogen-bond donors (Lipinski definition) is 1. The van der Waals surface area contributed by atoms with E-state index in [2.05, 4.69) is 4.72 Å². The standard InChI is InChI=1S/C13H17NO3S2/c1-8-4-5-18-13(8)19(16,17)14-12(15)10-3-2-9-6-11(9)7-10/h4-5,9-11H,2-3,6-7H2,1H3,(H,14,15). The molecule has 1 heterocycles. The van der Waals surface area contributed by atoms with Crippen molar-refractivity contribution in [2.75, 3.05) is 0 Å². The number of sulfonamides is 1. The topological polar surface area (TPSA) is 63.2 Å². The van der Waals surface area contributed by atoms with E-state index in [-0.39, 0.29) is 16.0 Å². The van der Waals surface area contributed by atoms with Crippen LogP contribution in [0.15, 0.2) is 15.7 Å². The van der Waals surface area contributed by atoms with Gasteiger partial charge in [-0.3, -0.25) is 4.79 Å². The maximum atomic E-state index is 12.1. The summed E-state index contributed by atoms with van der Waals surface area (Å²) in [6.07, 6.45) is 3.97. The molecule has 3 rings (SSSR count). The summed E-state index contributed by atoms with van der Waals surface area (Å²) in [5.41, 5.74) is 0.691. The molecule has 0 saturated heterocycles. The van der Waals surface area contributed by atoms with Gasteiger partial charge in [-0.05, 0) is 61.5 Å². The number of carbonyl (C=O) groups is 1. The van der Waals surface area contributed by atoms with Crippen molar-refractivity contribution in [3.63, 3.8) is 0 Å². The highest BCUT2D eigenvalue weighted by Crippen LogP contribution is 2.51. The van der Waals surface area contributed by atoms with Gasteiger partial charge in [-0.1, -0.05) is 0 Å². The number of hydrogen-bond acceptors (Lipinski definition) is 4. The Morgan fingerprint density at radius 3 is 2.74 bits per heavy atom. The molecule has 3 atom stereocenters. The van der Waals surface area contributed by atoms with Gasteiger partial charge in [0.25, 0.3) is 10.0 Å². The quantitative estimate of drug-likeness (QED) is 0.931. The molecule has 2 fully saturated rings. The summed E-state index contributed by atoms with van der Waals surface area (Å²) in [4.78, 5) is 12.1. The minimum absolute atomic E-state index is 0.126. The maximum Gasteiger partial charge on any atom is 0.273 e. The lowest BCUT2D eigenvalue weighted by Gasteiger charge is -2.20. The van der Waals surface area contributed by atoms with Gasteiger partial charge in [-0.15, -0.1) is 11.3 Å². The van der Waals surface area contributed by atoms with Crippen LogP contribution in [0, 0.1) is 24.7 Å². The molecule has 1 N–H and O–H groups in total. The third-order valence-electron chi connectivity index (χ3n) is 4.21. The van der Waals surface area contributed by atoms with Crippen LogP contribution in [-0.4, -0.2) is 14.3 Å². The molecule has 0 spiro atoms. The van der Waals surface area contributed by atoms with Gasteiger partial charge >= 0.3 is 0 Å². The second kappa shape index (κ2) is 4.59. The molecule has 4 nitrogen and oxygen atoms in total.